The molecule has 13 heavy (non-hydrogen) atoms. The lowest BCUT2D eigenvalue weighted by Crippen LogP contribution is -2.10. The quantitative estimate of drug-likeness (QED) is 0.330. The molecule has 0 aromatic carbocycles. The topological polar surface area (TPSA) is 51.2 Å². The average molecular weight is 188 g/mol. The largest absolute Gasteiger partial charge is 0.394 e. The summed E-state index contributed by atoms with van der Waals surface area (Å²) in [6.07, 6.45) is 2.14. The van der Waals surface area contributed by atoms with E-state index >= 15 is 0 Å². The summed E-state index contributed by atoms with van der Waals surface area (Å²) < 4.78 is 15.4. The first-order valence-corrected chi connectivity index (χ1v) is 4.43. The Morgan fingerprint density at radius 2 is 2.08 bits per heavy atom. The molecule has 1 aliphatic heterocycles. The lowest BCUT2D eigenvalue weighted by molar-refractivity contribution is 0.0288. The van der Waals surface area contributed by atoms with Crippen LogP contribution in [0.15, 0.2) is 12.7 Å². The predicted octanol–water partition coefficient (Wildman–Crippen LogP) is -0.0347. The van der Waals surface area contributed by atoms with Gasteiger partial charge in [-0.1, -0.05) is 6.08 Å². The fourth-order valence-electron chi connectivity index (χ4n) is 0.982. The first-order chi connectivity index (χ1) is 6.38. The van der Waals surface area contributed by atoms with Gasteiger partial charge in [-0.3, -0.25) is 0 Å². The number of aliphatic hydroxyl groups is 1. The summed E-state index contributed by atoms with van der Waals surface area (Å²) in [4.78, 5) is 0. The van der Waals surface area contributed by atoms with E-state index in [-0.39, 0.29) is 18.8 Å². The van der Waals surface area contributed by atoms with E-state index in [1.807, 2.05) is 0 Å². The van der Waals surface area contributed by atoms with E-state index in [0.29, 0.717) is 26.4 Å². The highest BCUT2D eigenvalue weighted by Gasteiger charge is 2.35. The van der Waals surface area contributed by atoms with E-state index in [1.165, 1.54) is 0 Å². The zero-order valence-corrected chi connectivity index (χ0v) is 7.65. The van der Waals surface area contributed by atoms with Crippen molar-refractivity contribution in [2.45, 2.75) is 12.2 Å². The fourth-order valence-corrected chi connectivity index (χ4v) is 0.982. The molecule has 1 fully saturated rings. The molecular formula is C9H16O4. The Hall–Kier alpha value is -0.420. The molecule has 0 radical (unpaired) electrons. The van der Waals surface area contributed by atoms with Crippen LogP contribution in [0.25, 0.3) is 0 Å². The van der Waals surface area contributed by atoms with Gasteiger partial charge in [0.05, 0.1) is 33.0 Å². The summed E-state index contributed by atoms with van der Waals surface area (Å²) in [5.41, 5.74) is 0. The van der Waals surface area contributed by atoms with Gasteiger partial charge in [0.15, 0.2) is 0 Å². The number of rotatable bonds is 8. The van der Waals surface area contributed by atoms with Crippen LogP contribution in [0.3, 0.4) is 0 Å². The molecule has 0 aromatic rings. The maximum atomic E-state index is 8.39. The van der Waals surface area contributed by atoms with Crippen LogP contribution in [0, 0.1) is 0 Å². The van der Waals surface area contributed by atoms with Gasteiger partial charge in [0.25, 0.3) is 0 Å². The van der Waals surface area contributed by atoms with Crippen LogP contribution in [0.5, 0.6) is 0 Å². The fraction of sp³-hybridized carbons (Fsp3) is 0.778. The van der Waals surface area contributed by atoms with Crippen LogP contribution < -0.4 is 0 Å². The van der Waals surface area contributed by atoms with Crippen molar-refractivity contribution in [3.63, 3.8) is 0 Å². The van der Waals surface area contributed by atoms with E-state index in [1.54, 1.807) is 6.08 Å². The molecule has 1 heterocycles. The third-order valence-corrected chi connectivity index (χ3v) is 1.74. The van der Waals surface area contributed by atoms with E-state index in [0.717, 1.165) is 0 Å². The molecule has 1 aliphatic rings. The molecule has 0 bridgehead atoms. The molecule has 0 aromatic heterocycles. The molecule has 0 aliphatic carbocycles. The number of hydrogen-bond acceptors (Lipinski definition) is 4. The summed E-state index contributed by atoms with van der Waals surface area (Å²) in [5, 5.41) is 8.39. The second-order valence-electron chi connectivity index (χ2n) is 2.79. The molecule has 4 nitrogen and oxygen atoms in total. The van der Waals surface area contributed by atoms with Gasteiger partial charge in [-0.25, -0.2) is 0 Å². The van der Waals surface area contributed by atoms with Gasteiger partial charge in [0.1, 0.15) is 12.2 Å². The normalized spacial score (nSPS) is 25.9. The number of ether oxygens (including phenoxy) is 3. The minimum atomic E-state index is 0.0598. The van der Waals surface area contributed by atoms with E-state index in [2.05, 4.69) is 6.58 Å². The molecule has 0 saturated carbocycles. The van der Waals surface area contributed by atoms with Crippen LogP contribution in [0.4, 0.5) is 0 Å². The highest BCUT2D eigenvalue weighted by atomic mass is 16.6. The van der Waals surface area contributed by atoms with Crippen LogP contribution in [0.2, 0.25) is 0 Å². The molecular weight excluding hydrogens is 172 g/mol. The number of hydrogen-bond donors (Lipinski definition) is 1. The zero-order valence-electron chi connectivity index (χ0n) is 7.65. The Bertz CT molecular complexity index is 149. The van der Waals surface area contributed by atoms with Crippen molar-refractivity contribution in [3.05, 3.63) is 12.7 Å². The number of epoxide rings is 1. The van der Waals surface area contributed by atoms with Gasteiger partial charge in [0.2, 0.25) is 0 Å². The van der Waals surface area contributed by atoms with Crippen molar-refractivity contribution in [2.24, 2.45) is 0 Å². The highest BCUT2D eigenvalue weighted by Crippen LogP contribution is 2.22. The van der Waals surface area contributed by atoms with Gasteiger partial charge >= 0.3 is 0 Å². The smallest absolute Gasteiger partial charge is 0.111 e. The van der Waals surface area contributed by atoms with Gasteiger partial charge in [-0.05, 0) is 0 Å². The van der Waals surface area contributed by atoms with E-state index in [4.69, 9.17) is 19.3 Å². The first-order valence-electron chi connectivity index (χ1n) is 4.43. The van der Waals surface area contributed by atoms with Gasteiger partial charge in [0, 0.05) is 0 Å². The third-order valence-electron chi connectivity index (χ3n) is 1.74. The predicted molar refractivity (Wildman–Crippen MR) is 47.6 cm³/mol. The summed E-state index contributed by atoms with van der Waals surface area (Å²) >= 11 is 0. The van der Waals surface area contributed by atoms with Gasteiger partial charge in [-0.2, -0.15) is 0 Å². The summed E-state index contributed by atoms with van der Waals surface area (Å²) in [6, 6.07) is 0. The standard InChI is InChI=1S/C9H16O4/c1-2-8-9(13-8)7-12-6-5-11-4-3-10/h2,8-10H,1,3-7H2/t8-,9-/m0/s1. The summed E-state index contributed by atoms with van der Waals surface area (Å²) in [5.74, 6) is 0. The molecule has 1 N–H and O–H groups in total. The zero-order chi connectivity index (χ0) is 9.52. The molecule has 1 rings (SSSR count). The summed E-state index contributed by atoms with van der Waals surface area (Å²) in [6.45, 7) is 5.70. The van der Waals surface area contributed by atoms with Crippen molar-refractivity contribution < 1.29 is 19.3 Å². The molecule has 76 valence electrons. The van der Waals surface area contributed by atoms with Crippen molar-refractivity contribution >= 4 is 0 Å². The van der Waals surface area contributed by atoms with Crippen LogP contribution in [-0.2, 0) is 14.2 Å². The molecule has 1 saturated heterocycles. The van der Waals surface area contributed by atoms with E-state index in [9.17, 15) is 0 Å². The molecule has 0 amide bonds. The molecule has 0 spiro atoms. The first kappa shape index (κ1) is 10.7. The Labute approximate surface area is 78.1 Å². The van der Waals surface area contributed by atoms with Crippen LogP contribution in [-0.4, -0.2) is 50.3 Å². The van der Waals surface area contributed by atoms with Crippen LogP contribution >= 0.6 is 0 Å². The second-order valence-corrected chi connectivity index (χ2v) is 2.79. The summed E-state index contributed by atoms with van der Waals surface area (Å²) in [7, 11) is 0. The highest BCUT2D eigenvalue weighted by molar-refractivity contribution is 4.97. The second kappa shape index (κ2) is 6.10. The van der Waals surface area contributed by atoms with Crippen LogP contribution in [0.1, 0.15) is 0 Å². The molecule has 4 heteroatoms. The van der Waals surface area contributed by atoms with Gasteiger partial charge < -0.3 is 19.3 Å². The lowest BCUT2D eigenvalue weighted by atomic mass is 10.3. The monoisotopic (exact) mass is 188 g/mol. The Kier molecular flexibility index (Phi) is 5.00. The minimum Gasteiger partial charge on any atom is -0.394 e. The third kappa shape index (κ3) is 4.38. The van der Waals surface area contributed by atoms with E-state index < -0.39 is 0 Å². The van der Waals surface area contributed by atoms with Crippen molar-refractivity contribution in [2.75, 3.05) is 33.0 Å². The van der Waals surface area contributed by atoms with Crippen molar-refractivity contribution in [3.8, 4) is 0 Å². The Balaban J connectivity index is 1.77. The SMILES string of the molecule is C=C[C@@H]1O[C@H]1COCCOCCO. The average Bonchev–Trinajstić information content (AvgIpc) is 2.90. The van der Waals surface area contributed by atoms with Gasteiger partial charge in [-0.15, -0.1) is 6.58 Å². The maximum absolute atomic E-state index is 8.39. The number of aliphatic hydroxyl groups excluding tert-OH is 1. The lowest BCUT2D eigenvalue weighted by Gasteiger charge is -2.02. The maximum Gasteiger partial charge on any atom is 0.111 e. The minimum absolute atomic E-state index is 0.0598. The molecule has 0 unspecified atom stereocenters. The Morgan fingerprint density at radius 1 is 1.31 bits per heavy atom. The molecule has 2 atom stereocenters. The van der Waals surface area contributed by atoms with Crippen molar-refractivity contribution in [1.82, 2.24) is 0 Å². The van der Waals surface area contributed by atoms with Crippen molar-refractivity contribution in [1.29, 1.82) is 0 Å². The Morgan fingerprint density at radius 3 is 2.69 bits per heavy atom.